The van der Waals surface area contributed by atoms with Gasteiger partial charge in [0.05, 0.1) is 13.2 Å². The molecule has 1 heterocycles. The van der Waals surface area contributed by atoms with Crippen LogP contribution >= 0.6 is 0 Å². The Morgan fingerprint density at radius 3 is 2.59 bits per heavy atom. The van der Waals surface area contributed by atoms with Gasteiger partial charge >= 0.3 is 0 Å². The third-order valence-electron chi connectivity index (χ3n) is 4.22. The van der Waals surface area contributed by atoms with Gasteiger partial charge in [0.1, 0.15) is 5.75 Å². The molecule has 120 valence electrons. The molecule has 0 aliphatic carbocycles. The van der Waals surface area contributed by atoms with Crippen LogP contribution in [0.25, 0.3) is 0 Å². The van der Waals surface area contributed by atoms with Crippen molar-refractivity contribution in [1.29, 1.82) is 0 Å². The minimum absolute atomic E-state index is 0.0202. The fourth-order valence-electron chi connectivity index (χ4n) is 3.01. The number of carbonyl (C=O) groups is 2. The molecule has 0 radical (unpaired) electrons. The van der Waals surface area contributed by atoms with Crippen LogP contribution in [0.3, 0.4) is 0 Å². The van der Waals surface area contributed by atoms with Crippen LogP contribution in [-0.2, 0) is 9.59 Å². The fraction of sp³-hybridized carbons (Fsp3) is 0.529. The first-order valence-electron chi connectivity index (χ1n) is 7.72. The predicted molar refractivity (Wildman–Crippen MR) is 80.1 cm³/mol. The van der Waals surface area contributed by atoms with Crippen molar-refractivity contribution in [2.45, 2.75) is 38.6 Å². The van der Waals surface area contributed by atoms with Crippen molar-refractivity contribution in [2.75, 3.05) is 13.7 Å². The summed E-state index contributed by atoms with van der Waals surface area (Å²) >= 11 is 0. The lowest BCUT2D eigenvalue weighted by atomic mass is 9.84. The summed E-state index contributed by atoms with van der Waals surface area (Å²) in [7, 11) is 1.58. The van der Waals surface area contributed by atoms with Crippen LogP contribution in [0.15, 0.2) is 24.3 Å². The zero-order valence-corrected chi connectivity index (χ0v) is 13.1. The fourth-order valence-corrected chi connectivity index (χ4v) is 3.01. The van der Waals surface area contributed by atoms with Gasteiger partial charge in [0.25, 0.3) is 0 Å². The maximum absolute atomic E-state index is 12.3. The summed E-state index contributed by atoms with van der Waals surface area (Å²) in [6.07, 6.45) is 2.42. The Morgan fingerprint density at radius 1 is 1.36 bits per heavy atom. The van der Waals surface area contributed by atoms with Crippen LogP contribution in [0.5, 0.6) is 5.75 Å². The normalized spacial score (nSPS) is 21.7. The molecule has 0 bridgehead atoms. The molecule has 22 heavy (non-hydrogen) atoms. The number of benzene rings is 1. The summed E-state index contributed by atoms with van der Waals surface area (Å²) < 4.78 is 5.13. The standard InChI is InChI=1S/C17H23NO4/c1-3-4-11-18-15(19)10-9-14(17(20)21)16(18)12-5-7-13(22-2)8-6-12/h5-8,14,16H,3-4,9-11H2,1-2H3,(H,20,21)/p-1/t14-,16+/m0/s1. The van der Waals surface area contributed by atoms with E-state index in [1.807, 2.05) is 19.1 Å². The number of piperidine rings is 1. The average Bonchev–Trinajstić information content (AvgIpc) is 2.53. The molecule has 1 aromatic rings. The van der Waals surface area contributed by atoms with Crippen molar-refractivity contribution in [3.8, 4) is 5.75 Å². The molecular formula is C17H22NO4-. The van der Waals surface area contributed by atoms with Crippen LogP contribution in [0, 0.1) is 5.92 Å². The highest BCUT2D eigenvalue weighted by molar-refractivity contribution is 5.81. The van der Waals surface area contributed by atoms with Crippen molar-refractivity contribution in [1.82, 2.24) is 4.90 Å². The van der Waals surface area contributed by atoms with E-state index in [1.165, 1.54) is 0 Å². The SMILES string of the molecule is CCCCN1C(=O)CC[C@H](C(=O)[O-])[C@H]1c1ccc(OC)cc1. The van der Waals surface area contributed by atoms with Gasteiger partial charge in [-0.1, -0.05) is 25.5 Å². The maximum atomic E-state index is 12.3. The summed E-state index contributed by atoms with van der Waals surface area (Å²) in [5.74, 6) is -1.03. The number of aliphatic carboxylic acids is 1. The number of ether oxygens (including phenoxy) is 1. The Kier molecular flexibility index (Phi) is 5.41. The van der Waals surface area contributed by atoms with Gasteiger partial charge in [-0.3, -0.25) is 4.79 Å². The number of methoxy groups -OCH3 is 1. The highest BCUT2D eigenvalue weighted by Gasteiger charge is 2.37. The predicted octanol–water partition coefficient (Wildman–Crippen LogP) is 1.52. The van der Waals surface area contributed by atoms with Gasteiger partial charge in [0.2, 0.25) is 5.91 Å². The Hall–Kier alpha value is -2.04. The summed E-state index contributed by atoms with van der Waals surface area (Å²) in [6, 6.07) is 6.79. The largest absolute Gasteiger partial charge is 0.550 e. The number of carboxylic acid groups (broad SMARTS) is 1. The number of carbonyl (C=O) groups excluding carboxylic acids is 2. The molecule has 5 nitrogen and oxygen atoms in total. The van der Waals surface area contributed by atoms with Crippen molar-refractivity contribution >= 4 is 11.9 Å². The maximum Gasteiger partial charge on any atom is 0.223 e. The minimum Gasteiger partial charge on any atom is -0.550 e. The second kappa shape index (κ2) is 7.29. The summed E-state index contributed by atoms with van der Waals surface area (Å²) in [4.78, 5) is 25.5. The van der Waals surface area contributed by atoms with Crippen molar-refractivity contribution < 1.29 is 19.4 Å². The first kappa shape index (κ1) is 16.3. The van der Waals surface area contributed by atoms with Crippen LogP contribution < -0.4 is 9.84 Å². The summed E-state index contributed by atoms with van der Waals surface area (Å²) in [5, 5.41) is 11.5. The molecule has 0 aromatic heterocycles. The number of carboxylic acids is 1. The third kappa shape index (κ3) is 3.40. The van der Waals surface area contributed by atoms with E-state index in [0.29, 0.717) is 18.7 Å². The Bertz CT molecular complexity index is 526. The van der Waals surface area contributed by atoms with Crippen LogP contribution in [0.2, 0.25) is 0 Å². The lowest BCUT2D eigenvalue weighted by Crippen LogP contribution is -2.49. The molecule has 0 N–H and O–H groups in total. The summed E-state index contributed by atoms with van der Waals surface area (Å²) in [5.41, 5.74) is 0.819. The average molecular weight is 304 g/mol. The van der Waals surface area contributed by atoms with E-state index in [2.05, 4.69) is 0 Å². The zero-order chi connectivity index (χ0) is 16.1. The molecule has 1 amide bonds. The lowest BCUT2D eigenvalue weighted by molar-refractivity contribution is -0.314. The molecule has 1 aromatic carbocycles. The number of amides is 1. The second-order valence-corrected chi connectivity index (χ2v) is 5.62. The van der Waals surface area contributed by atoms with E-state index < -0.39 is 17.9 Å². The van der Waals surface area contributed by atoms with Crippen molar-refractivity contribution in [2.24, 2.45) is 5.92 Å². The van der Waals surface area contributed by atoms with Gasteiger partial charge in [-0.05, 0) is 30.5 Å². The van der Waals surface area contributed by atoms with Crippen LogP contribution in [-0.4, -0.2) is 30.4 Å². The smallest absolute Gasteiger partial charge is 0.223 e. The number of nitrogens with zero attached hydrogens (tertiary/aromatic N) is 1. The van der Waals surface area contributed by atoms with E-state index in [1.54, 1.807) is 24.1 Å². The summed E-state index contributed by atoms with van der Waals surface area (Å²) in [6.45, 7) is 2.63. The number of hydrogen-bond donors (Lipinski definition) is 0. The molecule has 1 aliphatic rings. The highest BCUT2D eigenvalue weighted by Crippen LogP contribution is 2.37. The Balaban J connectivity index is 2.34. The quantitative estimate of drug-likeness (QED) is 0.799. The first-order chi connectivity index (χ1) is 10.6. The number of hydrogen-bond acceptors (Lipinski definition) is 4. The first-order valence-corrected chi connectivity index (χ1v) is 7.72. The molecule has 1 saturated heterocycles. The zero-order valence-electron chi connectivity index (χ0n) is 13.1. The Labute approximate surface area is 130 Å². The minimum atomic E-state index is -1.09. The molecule has 0 saturated carbocycles. The van der Waals surface area contributed by atoms with Gasteiger partial charge < -0.3 is 19.5 Å². The second-order valence-electron chi connectivity index (χ2n) is 5.62. The molecule has 1 aliphatic heterocycles. The number of likely N-dealkylation sites (tertiary alicyclic amines) is 1. The van der Waals surface area contributed by atoms with Gasteiger partial charge in [0, 0.05) is 24.9 Å². The van der Waals surface area contributed by atoms with E-state index >= 15 is 0 Å². The van der Waals surface area contributed by atoms with Gasteiger partial charge in [-0.15, -0.1) is 0 Å². The monoisotopic (exact) mass is 304 g/mol. The van der Waals surface area contributed by atoms with Crippen LogP contribution in [0.1, 0.15) is 44.2 Å². The topological polar surface area (TPSA) is 69.7 Å². The van der Waals surface area contributed by atoms with E-state index in [-0.39, 0.29) is 12.3 Å². The van der Waals surface area contributed by atoms with E-state index in [4.69, 9.17) is 4.74 Å². The van der Waals surface area contributed by atoms with Gasteiger partial charge in [0.15, 0.2) is 0 Å². The molecule has 5 heteroatoms. The van der Waals surface area contributed by atoms with Gasteiger partial charge in [-0.2, -0.15) is 0 Å². The van der Waals surface area contributed by atoms with E-state index in [0.717, 1.165) is 18.4 Å². The third-order valence-corrected chi connectivity index (χ3v) is 4.22. The number of rotatable bonds is 6. The van der Waals surface area contributed by atoms with Crippen molar-refractivity contribution in [3.05, 3.63) is 29.8 Å². The molecule has 2 rings (SSSR count). The number of unbranched alkanes of at least 4 members (excludes halogenated alkanes) is 1. The van der Waals surface area contributed by atoms with Gasteiger partial charge in [-0.25, -0.2) is 0 Å². The molecule has 2 atom stereocenters. The molecular weight excluding hydrogens is 282 g/mol. The molecule has 0 spiro atoms. The van der Waals surface area contributed by atoms with Crippen LogP contribution in [0.4, 0.5) is 0 Å². The van der Waals surface area contributed by atoms with E-state index in [9.17, 15) is 14.7 Å². The lowest BCUT2D eigenvalue weighted by Gasteiger charge is -2.42. The highest BCUT2D eigenvalue weighted by atomic mass is 16.5. The van der Waals surface area contributed by atoms with Crippen molar-refractivity contribution in [3.63, 3.8) is 0 Å². The Morgan fingerprint density at radius 2 is 2.05 bits per heavy atom. The molecule has 1 fully saturated rings. The molecule has 0 unspecified atom stereocenters.